The van der Waals surface area contributed by atoms with Crippen molar-refractivity contribution < 1.29 is 17.9 Å². The number of piperazine rings is 1. The van der Waals surface area contributed by atoms with E-state index in [0.717, 1.165) is 35.4 Å². The number of benzene rings is 2. The molecule has 2 saturated heterocycles. The highest BCUT2D eigenvalue weighted by molar-refractivity contribution is 7.90. The van der Waals surface area contributed by atoms with E-state index < -0.39 is 15.4 Å². The van der Waals surface area contributed by atoms with E-state index in [1.165, 1.54) is 0 Å². The molecule has 3 heterocycles. The Morgan fingerprint density at radius 3 is 2.36 bits per heavy atom. The molecule has 9 nitrogen and oxygen atoms in total. The van der Waals surface area contributed by atoms with E-state index in [1.807, 2.05) is 74.2 Å². The molecular formula is C29H31N5O4S. The first-order valence-electron chi connectivity index (χ1n) is 12.9. The Morgan fingerprint density at radius 2 is 1.72 bits per heavy atom. The fourth-order valence-corrected chi connectivity index (χ4v) is 5.84. The van der Waals surface area contributed by atoms with Crippen LogP contribution in [0.2, 0.25) is 0 Å². The maximum atomic E-state index is 12.9. The standard InChI is InChI=1S/C29H31N5O4S/c1-29(2,3)38-28(35)34-21-13-14-22(34)18-33(17-21)26-24(16-30)25(31-27(32-26)39(4,36)37)15-12-20-10-7-9-19-8-5-6-11-23(19)20/h5-12,15,21-22H,13-14,17-18H2,1-4H3/b15-12+/t21-,22+. The zero-order chi connectivity index (χ0) is 27.9. The number of rotatable bonds is 4. The van der Waals surface area contributed by atoms with Gasteiger partial charge in [-0.15, -0.1) is 0 Å². The van der Waals surface area contributed by atoms with E-state index in [0.29, 0.717) is 13.1 Å². The number of hydrogen-bond donors (Lipinski definition) is 0. The molecule has 10 heteroatoms. The maximum absolute atomic E-state index is 12.9. The summed E-state index contributed by atoms with van der Waals surface area (Å²) in [6, 6.07) is 15.8. The number of sulfone groups is 1. The average Bonchev–Trinajstić information content (AvgIpc) is 3.15. The van der Waals surface area contributed by atoms with Gasteiger partial charge in [0.2, 0.25) is 15.0 Å². The van der Waals surface area contributed by atoms with Crippen molar-refractivity contribution >= 4 is 44.7 Å². The molecule has 2 aromatic carbocycles. The molecule has 2 bridgehead atoms. The Bertz CT molecular complexity index is 1600. The number of ether oxygens (including phenoxy) is 1. The molecular weight excluding hydrogens is 514 g/mol. The molecule has 39 heavy (non-hydrogen) atoms. The lowest BCUT2D eigenvalue weighted by Gasteiger charge is -2.42. The summed E-state index contributed by atoms with van der Waals surface area (Å²) in [5.74, 6) is 0.270. The molecule has 0 radical (unpaired) electrons. The van der Waals surface area contributed by atoms with Gasteiger partial charge in [-0.05, 0) is 56.0 Å². The lowest BCUT2D eigenvalue weighted by atomic mass is 10.0. The highest BCUT2D eigenvalue weighted by Crippen LogP contribution is 2.35. The van der Waals surface area contributed by atoms with Crippen molar-refractivity contribution in [2.75, 3.05) is 24.2 Å². The van der Waals surface area contributed by atoms with Crippen molar-refractivity contribution in [3.63, 3.8) is 0 Å². The smallest absolute Gasteiger partial charge is 0.410 e. The number of nitriles is 1. The van der Waals surface area contributed by atoms with Crippen LogP contribution in [-0.4, -0.2) is 66.4 Å². The Morgan fingerprint density at radius 1 is 1.05 bits per heavy atom. The van der Waals surface area contributed by atoms with Crippen LogP contribution in [0.5, 0.6) is 0 Å². The number of carbonyl (C=O) groups excluding carboxylic acids is 1. The van der Waals surface area contributed by atoms with Gasteiger partial charge in [-0.25, -0.2) is 18.2 Å². The van der Waals surface area contributed by atoms with Gasteiger partial charge >= 0.3 is 6.09 Å². The van der Waals surface area contributed by atoms with Crippen LogP contribution in [0.15, 0.2) is 47.6 Å². The van der Waals surface area contributed by atoms with Crippen LogP contribution >= 0.6 is 0 Å². The van der Waals surface area contributed by atoms with Crippen LogP contribution in [-0.2, 0) is 14.6 Å². The molecule has 0 saturated carbocycles. The monoisotopic (exact) mass is 545 g/mol. The first kappa shape index (κ1) is 26.6. The first-order valence-corrected chi connectivity index (χ1v) is 14.8. The van der Waals surface area contributed by atoms with Crippen molar-refractivity contribution in [1.82, 2.24) is 14.9 Å². The predicted octanol–water partition coefficient (Wildman–Crippen LogP) is 4.66. The van der Waals surface area contributed by atoms with Crippen LogP contribution < -0.4 is 4.90 Å². The highest BCUT2D eigenvalue weighted by Gasteiger charge is 2.45. The van der Waals surface area contributed by atoms with Gasteiger partial charge in [0.15, 0.2) is 5.82 Å². The van der Waals surface area contributed by atoms with Crippen molar-refractivity contribution in [3.05, 3.63) is 59.3 Å². The molecule has 1 amide bonds. The molecule has 0 spiro atoms. The second-order valence-electron chi connectivity index (χ2n) is 11.1. The van der Waals surface area contributed by atoms with Crippen molar-refractivity contribution in [1.29, 1.82) is 5.26 Å². The number of nitrogens with zero attached hydrogens (tertiary/aromatic N) is 5. The molecule has 2 aliphatic heterocycles. The minimum atomic E-state index is -3.76. The number of amides is 1. The van der Waals surface area contributed by atoms with Gasteiger partial charge in [-0.3, -0.25) is 4.90 Å². The van der Waals surface area contributed by atoms with Gasteiger partial charge in [0.05, 0.1) is 17.8 Å². The number of fused-ring (bicyclic) bond motifs is 3. The second kappa shape index (κ2) is 9.97. The van der Waals surface area contributed by atoms with Crippen LogP contribution in [0, 0.1) is 11.3 Å². The van der Waals surface area contributed by atoms with Crippen molar-refractivity contribution in [2.24, 2.45) is 0 Å². The van der Waals surface area contributed by atoms with Crippen molar-refractivity contribution in [2.45, 2.75) is 56.5 Å². The summed E-state index contributed by atoms with van der Waals surface area (Å²) < 4.78 is 30.8. The largest absolute Gasteiger partial charge is 0.444 e. The van der Waals surface area contributed by atoms with Gasteiger partial charge in [0, 0.05) is 19.3 Å². The topological polar surface area (TPSA) is 116 Å². The fourth-order valence-electron chi connectivity index (χ4n) is 5.32. The molecule has 5 rings (SSSR count). The summed E-state index contributed by atoms with van der Waals surface area (Å²) in [7, 11) is -3.76. The lowest BCUT2D eigenvalue weighted by Crippen LogP contribution is -2.57. The summed E-state index contributed by atoms with van der Waals surface area (Å²) in [6.45, 7) is 6.34. The van der Waals surface area contributed by atoms with Crippen LogP contribution in [0.25, 0.3) is 22.9 Å². The van der Waals surface area contributed by atoms with Gasteiger partial charge in [-0.1, -0.05) is 48.5 Å². The minimum absolute atomic E-state index is 0.128. The SMILES string of the molecule is CC(C)(C)OC(=O)N1[C@@H]2CC[C@H]1CN(c1nc(S(C)(=O)=O)nc(/C=C/c3cccc4ccccc34)c1C#N)C2. The molecule has 1 aromatic heterocycles. The number of aromatic nitrogens is 2. The fraction of sp³-hybridized carbons (Fsp3) is 0.379. The third-order valence-corrected chi connectivity index (χ3v) is 7.82. The summed E-state index contributed by atoms with van der Waals surface area (Å²) in [6.07, 6.45) is 5.80. The summed E-state index contributed by atoms with van der Waals surface area (Å²) in [5.41, 5.74) is 0.744. The van der Waals surface area contributed by atoms with Crippen molar-refractivity contribution in [3.8, 4) is 6.07 Å². The van der Waals surface area contributed by atoms with E-state index in [2.05, 4.69) is 16.0 Å². The van der Waals surface area contributed by atoms with Gasteiger partial charge < -0.3 is 9.64 Å². The summed E-state index contributed by atoms with van der Waals surface area (Å²) >= 11 is 0. The summed E-state index contributed by atoms with van der Waals surface area (Å²) in [5, 5.41) is 11.9. The number of hydrogen-bond acceptors (Lipinski definition) is 8. The molecule has 2 aliphatic rings. The summed E-state index contributed by atoms with van der Waals surface area (Å²) in [4.78, 5) is 25.3. The third kappa shape index (κ3) is 5.45. The van der Waals surface area contributed by atoms with Gasteiger partial charge in [0.25, 0.3) is 0 Å². The second-order valence-corrected chi connectivity index (χ2v) is 13.0. The van der Waals surface area contributed by atoms with E-state index in [1.54, 1.807) is 11.0 Å². The number of anilines is 1. The van der Waals surface area contributed by atoms with Gasteiger partial charge in [0.1, 0.15) is 17.2 Å². The Balaban J connectivity index is 1.53. The molecule has 202 valence electrons. The lowest BCUT2D eigenvalue weighted by molar-refractivity contribution is 0.0122. The Labute approximate surface area is 228 Å². The zero-order valence-corrected chi connectivity index (χ0v) is 23.3. The molecule has 0 unspecified atom stereocenters. The Kier molecular flexibility index (Phi) is 6.81. The molecule has 2 fully saturated rings. The van der Waals surface area contributed by atoms with Crippen LogP contribution in [0.1, 0.15) is 50.4 Å². The van der Waals surface area contributed by atoms with Gasteiger partial charge in [-0.2, -0.15) is 10.2 Å². The quantitative estimate of drug-likeness (QED) is 0.435. The zero-order valence-electron chi connectivity index (χ0n) is 22.5. The first-order chi connectivity index (χ1) is 18.4. The molecule has 0 aliphatic carbocycles. The third-order valence-electron chi connectivity index (χ3n) is 6.97. The van der Waals surface area contributed by atoms with Crippen LogP contribution in [0.4, 0.5) is 10.6 Å². The maximum Gasteiger partial charge on any atom is 0.410 e. The van der Waals surface area contributed by atoms with Crippen LogP contribution in [0.3, 0.4) is 0 Å². The van der Waals surface area contributed by atoms with E-state index >= 15 is 0 Å². The molecule has 0 N–H and O–H groups in total. The van der Waals surface area contributed by atoms with E-state index in [-0.39, 0.29) is 40.4 Å². The minimum Gasteiger partial charge on any atom is -0.444 e. The van der Waals surface area contributed by atoms with E-state index in [9.17, 15) is 18.5 Å². The highest BCUT2D eigenvalue weighted by atomic mass is 32.2. The Hall–Kier alpha value is -3.97. The molecule has 3 aromatic rings. The molecule has 2 atom stereocenters. The average molecular weight is 546 g/mol. The van der Waals surface area contributed by atoms with E-state index in [4.69, 9.17) is 4.74 Å². The number of carbonyl (C=O) groups is 1. The normalized spacial score (nSPS) is 19.5. The predicted molar refractivity (Wildman–Crippen MR) is 150 cm³/mol.